The van der Waals surface area contributed by atoms with Gasteiger partial charge in [0, 0.05) is 18.6 Å². The molecule has 17 heavy (non-hydrogen) atoms. The van der Waals surface area contributed by atoms with Crippen molar-refractivity contribution in [2.24, 2.45) is 17.1 Å². The van der Waals surface area contributed by atoms with Crippen LogP contribution in [0.5, 0.6) is 0 Å². The van der Waals surface area contributed by atoms with Crippen LogP contribution in [0, 0.1) is 11.3 Å². The first-order valence-electron chi connectivity index (χ1n) is 7.50. The van der Waals surface area contributed by atoms with Gasteiger partial charge in [0.25, 0.3) is 0 Å². The normalized spacial score (nSPS) is 39.2. The van der Waals surface area contributed by atoms with Crippen molar-refractivity contribution in [1.82, 2.24) is 4.90 Å². The van der Waals surface area contributed by atoms with E-state index >= 15 is 0 Å². The van der Waals surface area contributed by atoms with Gasteiger partial charge in [-0.25, -0.2) is 0 Å². The molecule has 1 saturated carbocycles. The summed E-state index contributed by atoms with van der Waals surface area (Å²) in [5.74, 6) is 0.727. The minimum atomic E-state index is 0.361. The molecule has 2 aliphatic rings. The van der Waals surface area contributed by atoms with Gasteiger partial charge in [0.05, 0.1) is 0 Å². The highest BCUT2D eigenvalue weighted by atomic mass is 15.2. The van der Waals surface area contributed by atoms with Crippen molar-refractivity contribution < 1.29 is 0 Å². The highest BCUT2D eigenvalue weighted by Gasteiger charge is 2.40. The van der Waals surface area contributed by atoms with E-state index in [1.165, 1.54) is 51.6 Å². The fraction of sp³-hybridized carbons (Fsp3) is 1.00. The van der Waals surface area contributed by atoms with E-state index in [1.54, 1.807) is 0 Å². The number of hydrogen-bond donors (Lipinski definition) is 1. The smallest absolute Gasteiger partial charge is 0.0131 e. The Bertz CT molecular complexity index is 247. The summed E-state index contributed by atoms with van der Waals surface area (Å²) in [5.41, 5.74) is 6.79. The Labute approximate surface area is 107 Å². The maximum Gasteiger partial charge on any atom is 0.0131 e. The molecule has 0 spiro atoms. The fourth-order valence-electron chi connectivity index (χ4n) is 3.65. The second-order valence-corrected chi connectivity index (χ2v) is 7.01. The molecule has 1 aliphatic carbocycles. The van der Waals surface area contributed by atoms with Gasteiger partial charge in [-0.05, 0) is 50.5 Å². The zero-order valence-corrected chi connectivity index (χ0v) is 11.9. The van der Waals surface area contributed by atoms with Crippen molar-refractivity contribution in [1.29, 1.82) is 0 Å². The lowest BCUT2D eigenvalue weighted by atomic mass is 9.85. The minimum Gasteiger partial charge on any atom is -0.327 e. The number of likely N-dealkylation sites (tertiary alicyclic amines) is 1. The van der Waals surface area contributed by atoms with E-state index in [0.29, 0.717) is 11.5 Å². The lowest BCUT2D eigenvalue weighted by Gasteiger charge is -2.33. The topological polar surface area (TPSA) is 29.3 Å². The summed E-state index contributed by atoms with van der Waals surface area (Å²) in [6, 6.07) is 1.17. The van der Waals surface area contributed by atoms with Crippen LogP contribution in [0.15, 0.2) is 0 Å². The third-order valence-corrected chi connectivity index (χ3v) is 5.23. The molecule has 0 aromatic rings. The summed E-state index contributed by atoms with van der Waals surface area (Å²) < 4.78 is 0. The Morgan fingerprint density at radius 1 is 1.18 bits per heavy atom. The summed E-state index contributed by atoms with van der Waals surface area (Å²) >= 11 is 0. The van der Waals surface area contributed by atoms with E-state index in [-0.39, 0.29) is 0 Å². The highest BCUT2D eigenvalue weighted by Crippen LogP contribution is 2.40. The van der Waals surface area contributed by atoms with Crippen molar-refractivity contribution in [3.8, 4) is 0 Å². The first kappa shape index (κ1) is 13.4. The first-order valence-corrected chi connectivity index (χ1v) is 7.50. The van der Waals surface area contributed by atoms with Gasteiger partial charge in [0.15, 0.2) is 0 Å². The zero-order chi connectivity index (χ0) is 12.5. The lowest BCUT2D eigenvalue weighted by Crippen LogP contribution is -2.44. The lowest BCUT2D eigenvalue weighted by molar-refractivity contribution is 0.165. The van der Waals surface area contributed by atoms with E-state index in [2.05, 4.69) is 25.7 Å². The molecule has 0 radical (unpaired) electrons. The van der Waals surface area contributed by atoms with Crippen LogP contribution >= 0.6 is 0 Å². The van der Waals surface area contributed by atoms with Gasteiger partial charge in [-0.2, -0.15) is 0 Å². The summed E-state index contributed by atoms with van der Waals surface area (Å²) in [4.78, 5) is 2.71. The van der Waals surface area contributed by atoms with Crippen LogP contribution in [0.1, 0.15) is 59.3 Å². The van der Waals surface area contributed by atoms with Gasteiger partial charge in [-0.3, -0.25) is 0 Å². The van der Waals surface area contributed by atoms with Gasteiger partial charge in [0.2, 0.25) is 0 Å². The quantitative estimate of drug-likeness (QED) is 0.801. The van der Waals surface area contributed by atoms with Crippen LogP contribution in [0.25, 0.3) is 0 Å². The van der Waals surface area contributed by atoms with Crippen LogP contribution < -0.4 is 5.73 Å². The summed E-state index contributed by atoms with van der Waals surface area (Å²) in [6.07, 6.45) is 8.24. The van der Waals surface area contributed by atoms with Crippen LogP contribution in [0.2, 0.25) is 0 Å². The van der Waals surface area contributed by atoms with Crippen LogP contribution in [-0.2, 0) is 0 Å². The van der Waals surface area contributed by atoms with E-state index in [0.717, 1.165) is 12.0 Å². The van der Waals surface area contributed by atoms with Gasteiger partial charge in [-0.1, -0.05) is 26.7 Å². The molecule has 3 unspecified atom stereocenters. The van der Waals surface area contributed by atoms with Crippen LogP contribution in [0.4, 0.5) is 0 Å². The van der Waals surface area contributed by atoms with E-state index in [9.17, 15) is 0 Å². The second kappa shape index (κ2) is 5.27. The third-order valence-electron chi connectivity index (χ3n) is 5.23. The van der Waals surface area contributed by atoms with Crippen molar-refractivity contribution in [3.05, 3.63) is 0 Å². The molecular formula is C15H30N2. The molecule has 2 nitrogen and oxygen atoms in total. The predicted molar refractivity (Wildman–Crippen MR) is 74.0 cm³/mol. The Morgan fingerprint density at radius 2 is 1.94 bits per heavy atom. The van der Waals surface area contributed by atoms with Crippen molar-refractivity contribution in [2.75, 3.05) is 13.1 Å². The Hall–Kier alpha value is -0.0800. The van der Waals surface area contributed by atoms with Gasteiger partial charge < -0.3 is 10.6 Å². The van der Waals surface area contributed by atoms with Crippen LogP contribution in [-0.4, -0.2) is 30.1 Å². The fourth-order valence-corrected chi connectivity index (χ4v) is 3.65. The molecule has 2 N–H and O–H groups in total. The molecule has 100 valence electrons. The highest BCUT2D eigenvalue weighted by molar-refractivity contribution is 4.95. The second-order valence-electron chi connectivity index (χ2n) is 7.01. The minimum absolute atomic E-state index is 0.361. The standard InChI is InChI=1S/C15H30N2/c1-12-7-5-4-6-10-17(12)11-13-8-9-15(2,3)14(13)16/h12-14H,4-11,16H2,1-3H3. The predicted octanol–water partition coefficient (Wildman–Crippen LogP) is 3.01. The Kier molecular flexibility index (Phi) is 4.14. The van der Waals surface area contributed by atoms with E-state index < -0.39 is 0 Å². The first-order chi connectivity index (χ1) is 8.00. The summed E-state index contributed by atoms with van der Waals surface area (Å²) in [6.45, 7) is 9.61. The largest absolute Gasteiger partial charge is 0.327 e. The Morgan fingerprint density at radius 3 is 2.59 bits per heavy atom. The third kappa shape index (κ3) is 3.03. The SMILES string of the molecule is CC1CCCCCN1CC1CCC(C)(C)C1N. The average Bonchev–Trinajstić information content (AvgIpc) is 2.45. The molecule has 2 heteroatoms. The molecule has 0 bridgehead atoms. The maximum absolute atomic E-state index is 6.43. The number of nitrogens with two attached hydrogens (primary N) is 1. The maximum atomic E-state index is 6.43. The molecule has 1 aliphatic heterocycles. The number of rotatable bonds is 2. The van der Waals surface area contributed by atoms with Crippen molar-refractivity contribution in [3.63, 3.8) is 0 Å². The molecule has 0 aromatic carbocycles. The van der Waals surface area contributed by atoms with Gasteiger partial charge >= 0.3 is 0 Å². The monoisotopic (exact) mass is 238 g/mol. The zero-order valence-electron chi connectivity index (χ0n) is 11.9. The summed E-state index contributed by atoms with van der Waals surface area (Å²) in [7, 11) is 0. The molecule has 2 fully saturated rings. The van der Waals surface area contributed by atoms with Crippen molar-refractivity contribution >= 4 is 0 Å². The van der Waals surface area contributed by atoms with Crippen LogP contribution in [0.3, 0.4) is 0 Å². The molecule has 0 aromatic heterocycles. The molecule has 0 amide bonds. The molecule has 3 atom stereocenters. The molecule has 1 heterocycles. The van der Waals surface area contributed by atoms with Gasteiger partial charge in [-0.15, -0.1) is 0 Å². The van der Waals surface area contributed by atoms with E-state index in [1.807, 2.05) is 0 Å². The van der Waals surface area contributed by atoms with Gasteiger partial charge in [0.1, 0.15) is 0 Å². The number of nitrogens with zero attached hydrogens (tertiary/aromatic N) is 1. The summed E-state index contributed by atoms with van der Waals surface area (Å²) in [5, 5.41) is 0. The average molecular weight is 238 g/mol. The molecule has 2 rings (SSSR count). The Balaban J connectivity index is 1.92. The van der Waals surface area contributed by atoms with E-state index in [4.69, 9.17) is 5.73 Å². The number of hydrogen-bond acceptors (Lipinski definition) is 2. The molecular weight excluding hydrogens is 208 g/mol. The molecule has 1 saturated heterocycles. The van der Waals surface area contributed by atoms with Crippen molar-refractivity contribution in [2.45, 2.75) is 71.4 Å².